The van der Waals surface area contributed by atoms with E-state index in [9.17, 15) is 0 Å². The number of rotatable bonds is 0. The van der Waals surface area contributed by atoms with Crippen molar-refractivity contribution < 1.29 is 9.47 Å². The van der Waals surface area contributed by atoms with Crippen LogP contribution in [0.25, 0.3) is 11.0 Å². The summed E-state index contributed by atoms with van der Waals surface area (Å²) in [4.78, 5) is 4.60. The Kier molecular flexibility index (Phi) is 3.80. The average Bonchev–Trinajstić information content (AvgIpc) is 2.82. The number of hydrogen-bond acceptors (Lipinski definition) is 4. The molecule has 0 amide bonds. The number of halogens is 2. The zero-order valence-corrected chi connectivity index (χ0v) is 11.8. The molecular formula is C12H15Cl2N3O2. The minimum Gasteiger partial charge on any atom is -0.486 e. The van der Waals surface area contributed by atoms with Crippen LogP contribution in [0.5, 0.6) is 11.5 Å². The van der Waals surface area contributed by atoms with Crippen LogP contribution in [0.2, 0.25) is 0 Å². The van der Waals surface area contributed by atoms with E-state index in [-0.39, 0.29) is 30.9 Å². The maximum absolute atomic E-state index is 5.94. The van der Waals surface area contributed by atoms with E-state index in [1.54, 1.807) is 0 Å². The maximum Gasteiger partial charge on any atom is 0.163 e. The van der Waals surface area contributed by atoms with Crippen molar-refractivity contribution in [2.24, 2.45) is 5.73 Å². The van der Waals surface area contributed by atoms with Crippen molar-refractivity contribution in [1.29, 1.82) is 0 Å². The van der Waals surface area contributed by atoms with Crippen molar-refractivity contribution in [3.63, 3.8) is 0 Å². The zero-order chi connectivity index (χ0) is 11.4. The van der Waals surface area contributed by atoms with Crippen LogP contribution in [0, 0.1) is 0 Å². The minimum atomic E-state index is 0. The van der Waals surface area contributed by atoms with Gasteiger partial charge in [0.05, 0.1) is 11.0 Å². The summed E-state index contributed by atoms with van der Waals surface area (Å²) < 4.78 is 13.3. The molecule has 1 aromatic carbocycles. The van der Waals surface area contributed by atoms with Gasteiger partial charge in [-0.3, -0.25) is 0 Å². The zero-order valence-electron chi connectivity index (χ0n) is 10.2. The van der Waals surface area contributed by atoms with E-state index in [0.29, 0.717) is 13.2 Å². The van der Waals surface area contributed by atoms with Gasteiger partial charge in [-0.05, 0) is 0 Å². The van der Waals surface area contributed by atoms with Crippen molar-refractivity contribution >= 4 is 35.8 Å². The molecule has 1 unspecified atom stereocenters. The van der Waals surface area contributed by atoms with E-state index in [4.69, 9.17) is 15.2 Å². The normalized spacial score (nSPS) is 19.5. The van der Waals surface area contributed by atoms with Gasteiger partial charge in [-0.2, -0.15) is 0 Å². The Labute approximate surface area is 122 Å². The summed E-state index contributed by atoms with van der Waals surface area (Å²) >= 11 is 0. The van der Waals surface area contributed by atoms with Gasteiger partial charge in [-0.25, -0.2) is 4.98 Å². The summed E-state index contributed by atoms with van der Waals surface area (Å²) in [6.07, 6.45) is 0.848. The molecule has 0 spiro atoms. The molecule has 2 aromatic rings. The number of ether oxygens (including phenoxy) is 2. The Bertz CT molecular complexity index is 615. The molecule has 2 aliphatic rings. The molecule has 104 valence electrons. The van der Waals surface area contributed by atoms with E-state index < -0.39 is 0 Å². The summed E-state index contributed by atoms with van der Waals surface area (Å²) in [6.45, 7) is 2.06. The highest BCUT2D eigenvalue weighted by Crippen LogP contribution is 2.35. The van der Waals surface area contributed by atoms with Gasteiger partial charge in [0.25, 0.3) is 0 Å². The number of hydrogen-bond donors (Lipinski definition) is 1. The van der Waals surface area contributed by atoms with Gasteiger partial charge in [0, 0.05) is 31.1 Å². The highest BCUT2D eigenvalue weighted by atomic mass is 35.5. The first-order chi connectivity index (χ1) is 8.31. The van der Waals surface area contributed by atoms with Gasteiger partial charge in [0.15, 0.2) is 11.5 Å². The second-order valence-corrected chi connectivity index (χ2v) is 4.59. The van der Waals surface area contributed by atoms with Gasteiger partial charge in [-0.1, -0.05) is 0 Å². The first-order valence-electron chi connectivity index (χ1n) is 5.85. The predicted octanol–water partition coefficient (Wildman–Crippen LogP) is 1.53. The standard InChI is InChI=1S/C12H13N3O2.2ClH/c13-7-3-12-14-8-4-10-11(17-2-1-16-10)5-9(8)15(12)6-7;;/h4-5,7H,1-3,6,13H2;2*1H. The lowest BCUT2D eigenvalue weighted by atomic mass is 10.2. The van der Waals surface area contributed by atoms with Crippen molar-refractivity contribution in [3.05, 3.63) is 18.0 Å². The summed E-state index contributed by atoms with van der Waals surface area (Å²) in [5.74, 6) is 2.67. The largest absolute Gasteiger partial charge is 0.486 e. The molecule has 1 atom stereocenters. The smallest absolute Gasteiger partial charge is 0.163 e. The number of aromatic nitrogens is 2. The minimum absolute atomic E-state index is 0. The van der Waals surface area contributed by atoms with Crippen LogP contribution in [-0.4, -0.2) is 28.8 Å². The van der Waals surface area contributed by atoms with Crippen LogP contribution in [0.3, 0.4) is 0 Å². The first kappa shape index (κ1) is 14.2. The molecule has 19 heavy (non-hydrogen) atoms. The molecule has 1 aromatic heterocycles. The fourth-order valence-corrected chi connectivity index (χ4v) is 2.60. The second kappa shape index (κ2) is 5.07. The number of nitrogens with zero attached hydrogens (tertiary/aromatic N) is 2. The highest BCUT2D eigenvalue weighted by Gasteiger charge is 2.24. The summed E-state index contributed by atoms with van der Waals surface area (Å²) in [5, 5.41) is 0. The molecule has 0 radical (unpaired) electrons. The molecule has 7 heteroatoms. The van der Waals surface area contributed by atoms with E-state index in [1.165, 1.54) is 0 Å². The van der Waals surface area contributed by atoms with Crippen LogP contribution in [0.4, 0.5) is 0 Å². The Morgan fingerprint density at radius 3 is 2.58 bits per heavy atom. The third kappa shape index (κ3) is 2.12. The summed E-state index contributed by atoms with van der Waals surface area (Å²) in [6, 6.07) is 4.16. The molecule has 0 saturated carbocycles. The lowest BCUT2D eigenvalue weighted by molar-refractivity contribution is 0.172. The molecule has 0 bridgehead atoms. The fraction of sp³-hybridized carbons (Fsp3) is 0.417. The van der Waals surface area contributed by atoms with Crippen molar-refractivity contribution in [2.45, 2.75) is 19.0 Å². The molecule has 2 aliphatic heterocycles. The van der Waals surface area contributed by atoms with Crippen LogP contribution < -0.4 is 15.2 Å². The van der Waals surface area contributed by atoms with Crippen LogP contribution in [-0.2, 0) is 13.0 Å². The second-order valence-electron chi connectivity index (χ2n) is 4.59. The molecular weight excluding hydrogens is 289 g/mol. The predicted molar refractivity (Wildman–Crippen MR) is 76.9 cm³/mol. The molecule has 2 N–H and O–H groups in total. The monoisotopic (exact) mass is 303 g/mol. The van der Waals surface area contributed by atoms with E-state index in [1.807, 2.05) is 12.1 Å². The lowest BCUT2D eigenvalue weighted by Gasteiger charge is -2.18. The molecule has 0 aliphatic carbocycles. The number of fused-ring (bicyclic) bond motifs is 4. The van der Waals surface area contributed by atoms with E-state index >= 15 is 0 Å². The van der Waals surface area contributed by atoms with Gasteiger partial charge >= 0.3 is 0 Å². The Morgan fingerprint density at radius 2 is 1.84 bits per heavy atom. The SMILES string of the molecule is Cl.Cl.NC1Cc2nc3cc4c(cc3n2C1)OCCO4. The van der Waals surface area contributed by atoms with Crippen molar-refractivity contribution in [3.8, 4) is 11.5 Å². The summed E-state index contributed by atoms with van der Waals surface area (Å²) in [7, 11) is 0. The van der Waals surface area contributed by atoms with Crippen molar-refractivity contribution in [2.75, 3.05) is 13.2 Å². The topological polar surface area (TPSA) is 62.3 Å². The van der Waals surface area contributed by atoms with Crippen LogP contribution >= 0.6 is 24.8 Å². The Morgan fingerprint density at radius 1 is 1.16 bits per heavy atom. The quantitative estimate of drug-likeness (QED) is 0.802. The number of nitrogens with two attached hydrogens (primary N) is 1. The Hall–Kier alpha value is -1.17. The van der Waals surface area contributed by atoms with Gasteiger partial charge < -0.3 is 19.8 Å². The van der Waals surface area contributed by atoms with Gasteiger partial charge in [0.2, 0.25) is 0 Å². The molecule has 0 fully saturated rings. The average molecular weight is 304 g/mol. The van der Waals surface area contributed by atoms with Crippen LogP contribution in [0.15, 0.2) is 12.1 Å². The van der Waals surface area contributed by atoms with Gasteiger partial charge in [0.1, 0.15) is 19.0 Å². The molecule has 4 rings (SSSR count). The van der Waals surface area contributed by atoms with E-state index in [0.717, 1.165) is 41.3 Å². The Balaban J connectivity index is 0.000000667. The molecule has 3 heterocycles. The van der Waals surface area contributed by atoms with Crippen LogP contribution in [0.1, 0.15) is 5.82 Å². The van der Waals surface area contributed by atoms with Crippen molar-refractivity contribution in [1.82, 2.24) is 9.55 Å². The first-order valence-corrected chi connectivity index (χ1v) is 5.85. The number of imidazole rings is 1. The maximum atomic E-state index is 5.94. The van der Waals surface area contributed by atoms with Gasteiger partial charge in [-0.15, -0.1) is 24.8 Å². The third-order valence-electron chi connectivity index (χ3n) is 3.35. The summed E-state index contributed by atoms with van der Waals surface area (Å²) in [5.41, 5.74) is 8.00. The highest BCUT2D eigenvalue weighted by molar-refractivity contribution is 5.85. The molecule has 5 nitrogen and oxygen atoms in total. The molecule has 0 saturated heterocycles. The lowest BCUT2D eigenvalue weighted by Crippen LogP contribution is -2.21. The van der Waals surface area contributed by atoms with E-state index in [2.05, 4.69) is 9.55 Å². The number of benzene rings is 1. The third-order valence-corrected chi connectivity index (χ3v) is 3.35. The fourth-order valence-electron chi connectivity index (χ4n) is 2.60.